The van der Waals surface area contributed by atoms with Crippen molar-refractivity contribution in [1.29, 1.82) is 0 Å². The number of benzene rings is 1. The molecule has 1 aliphatic rings. The lowest BCUT2D eigenvalue weighted by Gasteiger charge is -2.23. The molecule has 2 N–H and O–H groups in total. The molecular formula is C14H15F3N2OS. The van der Waals surface area contributed by atoms with Crippen molar-refractivity contribution in [2.24, 2.45) is 5.73 Å². The average molecular weight is 316 g/mol. The molecule has 0 unspecified atom stereocenters. The van der Waals surface area contributed by atoms with Gasteiger partial charge in [-0.25, -0.2) is 0 Å². The van der Waals surface area contributed by atoms with Gasteiger partial charge >= 0.3 is 6.18 Å². The van der Waals surface area contributed by atoms with Crippen LogP contribution in [0.25, 0.3) is 0 Å². The summed E-state index contributed by atoms with van der Waals surface area (Å²) in [6, 6.07) is 3.66. The summed E-state index contributed by atoms with van der Waals surface area (Å²) in [4.78, 5) is 13.1. The topological polar surface area (TPSA) is 46.3 Å². The van der Waals surface area contributed by atoms with E-state index in [0.717, 1.165) is 25.3 Å². The summed E-state index contributed by atoms with van der Waals surface area (Å²) in [6.07, 6.45) is -1.75. The molecule has 1 aliphatic heterocycles. The Balaban J connectivity index is 2.46. The molecule has 0 saturated carbocycles. The van der Waals surface area contributed by atoms with E-state index in [1.165, 1.54) is 17.0 Å². The maximum Gasteiger partial charge on any atom is 0.417 e. The minimum atomic E-state index is -4.57. The third kappa shape index (κ3) is 3.53. The van der Waals surface area contributed by atoms with E-state index < -0.39 is 11.7 Å². The number of hydrogen-bond donors (Lipinski definition) is 1. The Bertz CT molecular complexity index is 572. The van der Waals surface area contributed by atoms with E-state index in [1.807, 2.05) is 0 Å². The fraction of sp³-hybridized carbons (Fsp3) is 0.429. The second-order valence-corrected chi connectivity index (χ2v) is 5.39. The predicted octanol–water partition coefficient (Wildman–Crippen LogP) is 3.25. The SMILES string of the molecule is NC(=S)c1ccc(N2CCCCCC2=O)cc1C(F)(F)F. The molecule has 0 aliphatic carbocycles. The minimum absolute atomic E-state index is 0.149. The Hall–Kier alpha value is -1.63. The standard InChI is InChI=1S/C14H15F3N2OS/c15-14(16,17)11-8-9(5-6-10(11)13(18)21)19-7-3-1-2-4-12(19)20/h5-6,8H,1-4,7H2,(H2,18,21). The molecule has 1 aromatic carbocycles. The number of amides is 1. The maximum atomic E-state index is 13.1. The van der Waals surface area contributed by atoms with Crippen LogP contribution in [0.5, 0.6) is 0 Å². The van der Waals surface area contributed by atoms with E-state index in [2.05, 4.69) is 12.2 Å². The normalized spacial score (nSPS) is 16.7. The predicted molar refractivity (Wildman–Crippen MR) is 78.2 cm³/mol. The molecule has 0 bridgehead atoms. The highest BCUT2D eigenvalue weighted by molar-refractivity contribution is 7.80. The van der Waals surface area contributed by atoms with Crippen LogP contribution in [0.15, 0.2) is 18.2 Å². The Morgan fingerprint density at radius 3 is 2.57 bits per heavy atom. The Labute approximate surface area is 125 Å². The second kappa shape index (κ2) is 6.01. The van der Waals surface area contributed by atoms with Crippen molar-refractivity contribution < 1.29 is 18.0 Å². The number of halogens is 3. The van der Waals surface area contributed by atoms with Gasteiger partial charge in [0.05, 0.1) is 5.56 Å². The first-order valence-electron chi connectivity index (χ1n) is 6.62. The van der Waals surface area contributed by atoms with E-state index in [0.29, 0.717) is 13.0 Å². The number of carbonyl (C=O) groups is 1. The lowest BCUT2D eigenvalue weighted by Crippen LogP contribution is -2.30. The molecule has 21 heavy (non-hydrogen) atoms. The Kier molecular flexibility index (Phi) is 4.51. The van der Waals surface area contributed by atoms with Crippen molar-refractivity contribution in [2.45, 2.75) is 31.9 Å². The fourth-order valence-corrected chi connectivity index (χ4v) is 2.58. The highest BCUT2D eigenvalue weighted by Gasteiger charge is 2.35. The van der Waals surface area contributed by atoms with Crippen molar-refractivity contribution in [2.75, 3.05) is 11.4 Å². The molecule has 3 nitrogen and oxygen atoms in total. The van der Waals surface area contributed by atoms with Crippen LogP contribution < -0.4 is 10.6 Å². The van der Waals surface area contributed by atoms with Gasteiger partial charge in [-0.15, -0.1) is 0 Å². The highest BCUT2D eigenvalue weighted by atomic mass is 32.1. The number of rotatable bonds is 2. The summed E-state index contributed by atoms with van der Waals surface area (Å²) in [5.41, 5.74) is 4.47. The lowest BCUT2D eigenvalue weighted by molar-refractivity contribution is -0.137. The van der Waals surface area contributed by atoms with Crippen LogP contribution in [0.2, 0.25) is 0 Å². The fourth-order valence-electron chi connectivity index (χ4n) is 2.41. The van der Waals surface area contributed by atoms with Crippen molar-refractivity contribution >= 4 is 28.8 Å². The van der Waals surface area contributed by atoms with Crippen molar-refractivity contribution in [3.63, 3.8) is 0 Å². The van der Waals surface area contributed by atoms with E-state index in [1.54, 1.807) is 0 Å². The first-order valence-corrected chi connectivity index (χ1v) is 7.03. The third-order valence-corrected chi connectivity index (χ3v) is 3.68. The van der Waals surface area contributed by atoms with Gasteiger partial charge in [-0.2, -0.15) is 13.2 Å². The van der Waals surface area contributed by atoms with E-state index >= 15 is 0 Å². The largest absolute Gasteiger partial charge is 0.417 e. The summed E-state index contributed by atoms with van der Waals surface area (Å²) < 4.78 is 39.3. The summed E-state index contributed by atoms with van der Waals surface area (Å²) in [5, 5.41) is 0. The van der Waals surface area contributed by atoms with E-state index in [9.17, 15) is 18.0 Å². The van der Waals surface area contributed by atoms with Gasteiger partial charge in [0, 0.05) is 24.2 Å². The lowest BCUT2D eigenvalue weighted by atomic mass is 10.1. The van der Waals surface area contributed by atoms with E-state index in [-0.39, 0.29) is 22.1 Å². The van der Waals surface area contributed by atoms with Crippen LogP contribution in [-0.2, 0) is 11.0 Å². The zero-order valence-corrected chi connectivity index (χ0v) is 12.1. The first-order chi connectivity index (χ1) is 9.80. The highest BCUT2D eigenvalue weighted by Crippen LogP contribution is 2.35. The summed E-state index contributed by atoms with van der Waals surface area (Å²) in [7, 11) is 0. The molecule has 2 rings (SSSR count). The molecule has 1 amide bonds. The average Bonchev–Trinajstić information content (AvgIpc) is 2.61. The van der Waals surface area contributed by atoms with Gasteiger partial charge in [-0.3, -0.25) is 4.79 Å². The van der Waals surface area contributed by atoms with Crippen LogP contribution in [0.4, 0.5) is 18.9 Å². The quantitative estimate of drug-likeness (QED) is 0.852. The molecule has 7 heteroatoms. The van der Waals surface area contributed by atoms with Gasteiger partial charge < -0.3 is 10.6 Å². The number of nitrogens with zero attached hydrogens (tertiary/aromatic N) is 1. The van der Waals surface area contributed by atoms with Gasteiger partial charge in [-0.1, -0.05) is 18.6 Å². The molecule has 114 valence electrons. The monoisotopic (exact) mass is 316 g/mol. The molecule has 1 heterocycles. The van der Waals surface area contributed by atoms with Crippen molar-refractivity contribution in [3.05, 3.63) is 29.3 Å². The van der Waals surface area contributed by atoms with Crippen molar-refractivity contribution in [3.8, 4) is 0 Å². The molecule has 1 fully saturated rings. The van der Waals surface area contributed by atoms with Crippen LogP contribution >= 0.6 is 12.2 Å². The number of hydrogen-bond acceptors (Lipinski definition) is 2. The van der Waals surface area contributed by atoms with E-state index in [4.69, 9.17) is 5.73 Å². The number of thiocarbonyl (C=S) groups is 1. The molecule has 1 saturated heterocycles. The third-order valence-electron chi connectivity index (χ3n) is 3.46. The molecular weight excluding hydrogens is 301 g/mol. The second-order valence-electron chi connectivity index (χ2n) is 4.95. The smallest absolute Gasteiger partial charge is 0.389 e. The Morgan fingerprint density at radius 2 is 1.95 bits per heavy atom. The summed E-state index contributed by atoms with van der Waals surface area (Å²) in [6.45, 7) is 0.433. The maximum absolute atomic E-state index is 13.1. The zero-order chi connectivity index (χ0) is 15.6. The van der Waals surface area contributed by atoms with Crippen LogP contribution in [0, 0.1) is 0 Å². The molecule has 0 spiro atoms. The van der Waals surface area contributed by atoms with Crippen LogP contribution in [0.3, 0.4) is 0 Å². The van der Waals surface area contributed by atoms with Crippen molar-refractivity contribution in [1.82, 2.24) is 0 Å². The number of anilines is 1. The number of carbonyl (C=O) groups excluding carboxylic acids is 1. The van der Waals surface area contributed by atoms with Gasteiger partial charge in [0.25, 0.3) is 0 Å². The minimum Gasteiger partial charge on any atom is -0.389 e. The molecule has 1 aromatic rings. The Morgan fingerprint density at radius 1 is 1.24 bits per heavy atom. The number of nitrogens with two attached hydrogens (primary N) is 1. The molecule has 0 atom stereocenters. The number of alkyl halides is 3. The first kappa shape index (κ1) is 15.8. The van der Waals surface area contributed by atoms with Crippen LogP contribution in [0.1, 0.15) is 36.8 Å². The van der Waals surface area contributed by atoms with Gasteiger partial charge in [0.15, 0.2) is 0 Å². The summed E-state index contributed by atoms with van der Waals surface area (Å²) in [5.74, 6) is -0.149. The van der Waals surface area contributed by atoms with Gasteiger partial charge in [-0.05, 0) is 31.0 Å². The van der Waals surface area contributed by atoms with Gasteiger partial charge in [0.1, 0.15) is 4.99 Å². The molecule has 0 radical (unpaired) electrons. The summed E-state index contributed by atoms with van der Waals surface area (Å²) >= 11 is 4.66. The molecule has 0 aromatic heterocycles. The van der Waals surface area contributed by atoms with Gasteiger partial charge in [0.2, 0.25) is 5.91 Å². The zero-order valence-electron chi connectivity index (χ0n) is 11.2. The van der Waals surface area contributed by atoms with Crippen LogP contribution in [-0.4, -0.2) is 17.4 Å².